The molecule has 2 aliphatic rings. The number of hydrogen-bond donors (Lipinski definition) is 1. The van der Waals surface area contributed by atoms with Crippen molar-refractivity contribution in [2.75, 3.05) is 0 Å². The van der Waals surface area contributed by atoms with E-state index >= 15 is 0 Å². The summed E-state index contributed by atoms with van der Waals surface area (Å²) in [6.45, 7) is 17.0. The third kappa shape index (κ3) is 8.21. The van der Waals surface area contributed by atoms with Crippen LogP contribution in [0.2, 0.25) is 0 Å². The first-order chi connectivity index (χ1) is 20.2. The minimum absolute atomic E-state index is 0.283. The second-order valence-electron chi connectivity index (χ2n) is 12.5. The molecule has 0 saturated carbocycles. The zero-order chi connectivity index (χ0) is 31.3. The summed E-state index contributed by atoms with van der Waals surface area (Å²) < 4.78 is 25.5. The first-order valence-electron chi connectivity index (χ1n) is 14.3. The summed E-state index contributed by atoms with van der Waals surface area (Å²) in [5.74, 6) is 0. The molecule has 0 bridgehead atoms. The molecule has 43 heavy (non-hydrogen) atoms. The molecule has 4 aromatic heterocycles. The van der Waals surface area contributed by atoms with Crippen molar-refractivity contribution in [1.82, 2.24) is 29.9 Å². The number of aromatic nitrogens is 6. The summed E-state index contributed by atoms with van der Waals surface area (Å²) in [4.78, 5) is 8.35. The van der Waals surface area contributed by atoms with E-state index in [-0.39, 0.29) is 36.6 Å². The molecule has 6 heterocycles. The summed E-state index contributed by atoms with van der Waals surface area (Å²) >= 11 is 3.29. The fraction of sp³-hybridized carbons (Fsp3) is 0.467. The normalized spacial score (nSPS) is 19.3. The summed E-state index contributed by atoms with van der Waals surface area (Å²) in [7, 11) is -0.675. The Labute approximate surface area is 263 Å². The van der Waals surface area contributed by atoms with Gasteiger partial charge in [-0.15, -0.1) is 0 Å². The molecule has 0 unspecified atom stereocenters. The Morgan fingerprint density at radius 2 is 1.23 bits per heavy atom. The number of aromatic amines is 1. The molecule has 0 amide bonds. The predicted molar refractivity (Wildman–Crippen MR) is 172 cm³/mol. The first-order valence-corrected chi connectivity index (χ1v) is 15.4. The summed E-state index contributed by atoms with van der Waals surface area (Å²) in [6, 6.07) is 11.7. The van der Waals surface area contributed by atoms with Gasteiger partial charge in [-0.3, -0.25) is 19.7 Å². The minimum Gasteiger partial charge on any atom is -0.399 e. The van der Waals surface area contributed by atoms with Crippen molar-refractivity contribution in [3.8, 4) is 0 Å². The van der Waals surface area contributed by atoms with Crippen LogP contribution in [0.4, 0.5) is 0 Å². The van der Waals surface area contributed by atoms with Gasteiger partial charge in [0.1, 0.15) is 0 Å². The van der Waals surface area contributed by atoms with Crippen molar-refractivity contribution in [2.45, 2.75) is 89.7 Å². The zero-order valence-corrected chi connectivity index (χ0v) is 27.8. The molecule has 6 rings (SSSR count). The van der Waals surface area contributed by atoms with E-state index in [0.717, 1.165) is 27.6 Å². The standard InChI is InChI=1S/C15H20BN3O2.C9H15BN2O2.C6H6BrN/c1-14(2)15(3,4)21-16(20-14)12-9-18-19(10-12)11-13-7-5-6-8-17-13;1-8(2)9(3,4)14-10(13-8)7-5-11-12-6-7;7-5-6-3-1-2-4-8-6/h5-10H,11H2,1-4H3;5-6H,1-4H3,(H,11,12);1-4H,5H2. The Bertz CT molecular complexity index is 1390. The van der Waals surface area contributed by atoms with Crippen molar-refractivity contribution in [1.29, 1.82) is 0 Å². The maximum absolute atomic E-state index is 6.02. The Balaban J connectivity index is 0.000000165. The maximum Gasteiger partial charge on any atom is 0.498 e. The van der Waals surface area contributed by atoms with Gasteiger partial charge in [0, 0.05) is 53.4 Å². The van der Waals surface area contributed by atoms with Crippen LogP contribution >= 0.6 is 15.9 Å². The average molecular weight is 651 g/mol. The summed E-state index contributed by atoms with van der Waals surface area (Å²) in [5.41, 5.74) is 2.69. The smallest absolute Gasteiger partial charge is 0.399 e. The lowest BCUT2D eigenvalue weighted by Crippen LogP contribution is -2.41. The number of nitrogens with one attached hydrogen (secondary N) is 1. The quantitative estimate of drug-likeness (QED) is 0.252. The SMILES string of the molecule is BrCc1ccccn1.CC1(C)OB(c2cn[nH]c2)OC1(C)C.CC1(C)OB(c2cnn(Cc3ccccn3)c2)OC1(C)C. The number of rotatable bonds is 5. The van der Waals surface area contributed by atoms with E-state index in [1.54, 1.807) is 31.0 Å². The van der Waals surface area contributed by atoms with E-state index in [1.165, 1.54) is 0 Å². The lowest BCUT2D eigenvalue weighted by molar-refractivity contribution is 0.00578. The van der Waals surface area contributed by atoms with Crippen molar-refractivity contribution < 1.29 is 18.6 Å². The van der Waals surface area contributed by atoms with E-state index in [4.69, 9.17) is 18.6 Å². The van der Waals surface area contributed by atoms with Crippen LogP contribution < -0.4 is 10.9 Å². The molecule has 0 atom stereocenters. The second kappa shape index (κ2) is 13.4. The van der Waals surface area contributed by atoms with Gasteiger partial charge < -0.3 is 18.6 Å². The number of H-pyrrole nitrogens is 1. The van der Waals surface area contributed by atoms with Gasteiger partial charge in [0.05, 0.1) is 40.3 Å². The monoisotopic (exact) mass is 650 g/mol. The number of alkyl halides is 1. The van der Waals surface area contributed by atoms with Crippen LogP contribution in [0.3, 0.4) is 0 Å². The van der Waals surface area contributed by atoms with Crippen LogP contribution in [0.1, 0.15) is 66.8 Å². The lowest BCUT2D eigenvalue weighted by atomic mass is 9.82. The van der Waals surface area contributed by atoms with E-state index in [2.05, 4.69) is 41.2 Å². The van der Waals surface area contributed by atoms with Gasteiger partial charge in [0.2, 0.25) is 0 Å². The van der Waals surface area contributed by atoms with Crippen LogP contribution in [0.5, 0.6) is 0 Å². The van der Waals surface area contributed by atoms with E-state index in [1.807, 2.05) is 103 Å². The second-order valence-corrected chi connectivity index (χ2v) is 13.0. The molecular weight excluding hydrogens is 610 g/mol. The van der Waals surface area contributed by atoms with E-state index in [0.29, 0.717) is 6.54 Å². The topological polar surface area (TPSA) is 109 Å². The average Bonchev–Trinajstić information content (AvgIpc) is 3.73. The highest BCUT2D eigenvalue weighted by molar-refractivity contribution is 9.08. The highest BCUT2D eigenvalue weighted by Gasteiger charge is 2.53. The Morgan fingerprint density at radius 3 is 1.65 bits per heavy atom. The number of hydrogen-bond acceptors (Lipinski definition) is 8. The largest absolute Gasteiger partial charge is 0.498 e. The molecular formula is C30H41B2BrN6O4. The molecule has 0 radical (unpaired) electrons. The summed E-state index contributed by atoms with van der Waals surface area (Å²) in [5, 5.41) is 11.8. The Kier molecular flexibility index (Phi) is 10.3. The molecule has 0 aliphatic carbocycles. The van der Waals surface area contributed by atoms with Gasteiger partial charge in [0.15, 0.2) is 0 Å². The fourth-order valence-corrected chi connectivity index (χ4v) is 4.40. The Morgan fingerprint density at radius 1 is 0.721 bits per heavy atom. The maximum atomic E-state index is 6.02. The van der Waals surface area contributed by atoms with Crippen molar-refractivity contribution in [3.63, 3.8) is 0 Å². The van der Waals surface area contributed by atoms with E-state index in [9.17, 15) is 0 Å². The van der Waals surface area contributed by atoms with Crippen LogP contribution in [-0.2, 0) is 30.5 Å². The van der Waals surface area contributed by atoms with Gasteiger partial charge >= 0.3 is 14.2 Å². The number of nitrogens with zero attached hydrogens (tertiary/aromatic N) is 5. The van der Waals surface area contributed by atoms with Crippen molar-refractivity contribution in [2.24, 2.45) is 0 Å². The van der Waals surface area contributed by atoms with Gasteiger partial charge in [-0.05, 0) is 79.7 Å². The highest BCUT2D eigenvalue weighted by Crippen LogP contribution is 2.37. The molecule has 2 aliphatic heterocycles. The van der Waals surface area contributed by atoms with Crippen molar-refractivity contribution >= 4 is 41.1 Å². The number of pyridine rings is 2. The molecule has 1 N–H and O–H groups in total. The highest BCUT2D eigenvalue weighted by atomic mass is 79.9. The number of halogens is 1. The molecule has 2 fully saturated rings. The summed E-state index contributed by atoms with van der Waals surface area (Å²) in [6.07, 6.45) is 10.8. The van der Waals surface area contributed by atoms with Gasteiger partial charge in [0.25, 0.3) is 0 Å². The van der Waals surface area contributed by atoms with Crippen LogP contribution in [-0.4, -0.2) is 66.6 Å². The van der Waals surface area contributed by atoms with Crippen LogP contribution in [0.25, 0.3) is 0 Å². The minimum atomic E-state index is -0.368. The third-order valence-electron chi connectivity index (χ3n) is 8.14. The molecule has 10 nitrogen and oxygen atoms in total. The van der Waals surface area contributed by atoms with Gasteiger partial charge in [-0.1, -0.05) is 28.1 Å². The van der Waals surface area contributed by atoms with E-state index < -0.39 is 0 Å². The fourth-order valence-electron chi connectivity index (χ4n) is 4.07. The molecule has 0 aromatic carbocycles. The molecule has 4 aromatic rings. The third-order valence-corrected chi connectivity index (χ3v) is 8.71. The van der Waals surface area contributed by atoms with Gasteiger partial charge in [-0.25, -0.2) is 0 Å². The molecule has 13 heteroatoms. The molecule has 2 saturated heterocycles. The van der Waals surface area contributed by atoms with Crippen LogP contribution in [0.15, 0.2) is 73.6 Å². The zero-order valence-electron chi connectivity index (χ0n) is 26.2. The van der Waals surface area contributed by atoms with Crippen LogP contribution in [0, 0.1) is 0 Å². The van der Waals surface area contributed by atoms with Gasteiger partial charge in [-0.2, -0.15) is 10.2 Å². The first kappa shape index (κ1) is 33.1. The lowest BCUT2D eigenvalue weighted by Gasteiger charge is -2.32. The van der Waals surface area contributed by atoms with Crippen molar-refractivity contribution in [3.05, 3.63) is 85.0 Å². The molecule has 228 valence electrons. The predicted octanol–water partition coefficient (Wildman–Crippen LogP) is 4.31. The Hall–Kier alpha value is -2.83. The molecule has 0 spiro atoms.